The van der Waals surface area contributed by atoms with Crippen LogP contribution in [0.3, 0.4) is 0 Å². The Hall–Kier alpha value is -3.46. The molecule has 2 aromatic carbocycles. The van der Waals surface area contributed by atoms with E-state index in [9.17, 15) is 19.2 Å². The second kappa shape index (κ2) is 8.05. The maximum absolute atomic E-state index is 12.4. The van der Waals surface area contributed by atoms with E-state index in [1.54, 1.807) is 12.1 Å². The van der Waals surface area contributed by atoms with Crippen LogP contribution in [0.2, 0.25) is 0 Å². The molecule has 0 unspecified atom stereocenters. The molecule has 0 spiro atoms. The molecule has 0 saturated heterocycles. The number of nitrogens with one attached hydrogen (secondary N) is 1. The molecule has 0 saturated carbocycles. The number of carbonyl (C=O) groups excluding carboxylic acids is 2. The smallest absolute Gasteiger partial charge is 0.308 e. The van der Waals surface area contributed by atoms with Gasteiger partial charge in [-0.15, -0.1) is 0 Å². The highest BCUT2D eigenvalue weighted by Gasteiger charge is 2.13. The number of H-pyrrole nitrogens is 1. The van der Waals surface area contributed by atoms with Crippen LogP contribution in [0.25, 0.3) is 10.8 Å². The zero-order chi connectivity index (χ0) is 20.3. The summed E-state index contributed by atoms with van der Waals surface area (Å²) in [7, 11) is 0. The first-order valence-corrected chi connectivity index (χ1v) is 8.87. The molecule has 0 fully saturated rings. The third kappa shape index (κ3) is 4.44. The molecule has 0 bridgehead atoms. The molecule has 0 atom stereocenters. The highest BCUT2D eigenvalue weighted by atomic mass is 32.2. The standard InChI is InChI=1S/C19H14N2O6S/c1-10(22)26-12-7-8-15(27-11(2)23)16(9-12)28-19-20-17(24)13-5-3-4-6-14(13)18(25)21-19/h3-9H,1-2H3,(H,20,21,24,25). The maximum Gasteiger partial charge on any atom is 0.308 e. The van der Waals surface area contributed by atoms with Crippen molar-refractivity contribution < 1.29 is 19.1 Å². The summed E-state index contributed by atoms with van der Waals surface area (Å²) in [4.78, 5) is 54.2. The van der Waals surface area contributed by atoms with Crippen LogP contribution in [-0.2, 0) is 9.59 Å². The lowest BCUT2D eigenvalue weighted by Crippen LogP contribution is -2.06. The van der Waals surface area contributed by atoms with Crippen molar-refractivity contribution in [2.45, 2.75) is 23.9 Å². The fraction of sp³-hybridized carbons (Fsp3) is 0.105. The number of esters is 2. The summed E-state index contributed by atoms with van der Waals surface area (Å²) in [5.74, 6) is -0.708. The molecule has 3 rings (SSSR count). The van der Waals surface area contributed by atoms with Crippen molar-refractivity contribution in [3.05, 3.63) is 63.2 Å². The minimum atomic E-state index is -0.582. The Bertz CT molecular complexity index is 1150. The van der Waals surface area contributed by atoms with Crippen molar-refractivity contribution in [2.24, 2.45) is 0 Å². The van der Waals surface area contributed by atoms with Gasteiger partial charge in [0.15, 0.2) is 5.16 Å². The van der Waals surface area contributed by atoms with E-state index in [1.165, 1.54) is 44.2 Å². The monoisotopic (exact) mass is 398 g/mol. The van der Waals surface area contributed by atoms with E-state index in [0.29, 0.717) is 4.90 Å². The maximum atomic E-state index is 12.4. The van der Waals surface area contributed by atoms with Crippen LogP contribution < -0.4 is 20.6 Å². The van der Waals surface area contributed by atoms with Gasteiger partial charge in [0.2, 0.25) is 0 Å². The van der Waals surface area contributed by atoms with Gasteiger partial charge in [0.25, 0.3) is 11.1 Å². The lowest BCUT2D eigenvalue weighted by atomic mass is 10.2. The van der Waals surface area contributed by atoms with Crippen LogP contribution in [-0.4, -0.2) is 21.9 Å². The number of benzene rings is 2. The number of fused-ring (bicyclic) bond motifs is 1. The second-order valence-electron chi connectivity index (χ2n) is 5.62. The summed E-state index contributed by atoms with van der Waals surface area (Å²) in [5.41, 5.74) is -1.07. The molecule has 0 aliphatic heterocycles. The molecule has 142 valence electrons. The second-order valence-corrected chi connectivity index (χ2v) is 6.65. The van der Waals surface area contributed by atoms with Gasteiger partial charge in [-0.1, -0.05) is 12.1 Å². The van der Waals surface area contributed by atoms with Gasteiger partial charge >= 0.3 is 11.9 Å². The Labute approximate surface area is 162 Å². The quantitative estimate of drug-likeness (QED) is 0.526. The van der Waals surface area contributed by atoms with E-state index in [1.807, 2.05) is 0 Å². The summed E-state index contributed by atoms with van der Waals surface area (Å²) >= 11 is 0.895. The van der Waals surface area contributed by atoms with Crippen molar-refractivity contribution in [3.8, 4) is 11.5 Å². The fourth-order valence-corrected chi connectivity index (χ4v) is 3.27. The third-order valence-corrected chi connectivity index (χ3v) is 4.39. The lowest BCUT2D eigenvalue weighted by molar-refractivity contribution is -0.133. The lowest BCUT2D eigenvalue weighted by Gasteiger charge is -2.09. The van der Waals surface area contributed by atoms with Crippen molar-refractivity contribution in [2.75, 3.05) is 0 Å². The number of carbonyl (C=O) groups is 2. The number of nitrogens with zero attached hydrogens (tertiary/aromatic N) is 1. The van der Waals surface area contributed by atoms with Crippen LogP contribution in [0.5, 0.6) is 11.5 Å². The average molecular weight is 398 g/mol. The number of aromatic nitrogens is 2. The Morgan fingerprint density at radius 2 is 1.64 bits per heavy atom. The zero-order valence-electron chi connectivity index (χ0n) is 14.8. The topological polar surface area (TPSA) is 115 Å². The third-order valence-electron chi connectivity index (χ3n) is 3.46. The van der Waals surface area contributed by atoms with E-state index in [2.05, 4.69) is 9.97 Å². The van der Waals surface area contributed by atoms with Crippen molar-refractivity contribution in [1.29, 1.82) is 0 Å². The molecule has 3 aromatic rings. The number of hydrogen-bond donors (Lipinski definition) is 1. The normalized spacial score (nSPS) is 10.5. The van der Waals surface area contributed by atoms with Gasteiger partial charge in [0.05, 0.1) is 15.7 Å². The van der Waals surface area contributed by atoms with Crippen LogP contribution in [0, 0.1) is 0 Å². The molecule has 0 amide bonds. The van der Waals surface area contributed by atoms with Crippen LogP contribution in [0.4, 0.5) is 0 Å². The van der Waals surface area contributed by atoms with Crippen molar-refractivity contribution >= 4 is 34.5 Å². The van der Waals surface area contributed by atoms with Gasteiger partial charge in [-0.3, -0.25) is 19.2 Å². The summed E-state index contributed by atoms with van der Waals surface area (Å²) in [6.45, 7) is 2.48. The van der Waals surface area contributed by atoms with E-state index < -0.39 is 23.1 Å². The SMILES string of the molecule is CC(=O)Oc1ccc(OC(C)=O)c(Sc2nc(=O)c3ccccc3c(=O)[nH]2)c1. The summed E-state index contributed by atoms with van der Waals surface area (Å²) in [6, 6.07) is 10.7. The first kappa shape index (κ1) is 19.3. The summed E-state index contributed by atoms with van der Waals surface area (Å²) in [6.07, 6.45) is 0. The molecule has 28 heavy (non-hydrogen) atoms. The number of aromatic amines is 1. The van der Waals surface area contributed by atoms with Gasteiger partial charge in [-0.05, 0) is 42.1 Å². The van der Waals surface area contributed by atoms with Crippen LogP contribution in [0.1, 0.15) is 13.8 Å². The molecular formula is C19H14N2O6S. The van der Waals surface area contributed by atoms with Gasteiger partial charge < -0.3 is 14.5 Å². The molecule has 1 N–H and O–H groups in total. The Morgan fingerprint density at radius 1 is 0.964 bits per heavy atom. The zero-order valence-corrected chi connectivity index (χ0v) is 15.7. The first-order valence-electron chi connectivity index (χ1n) is 8.05. The van der Waals surface area contributed by atoms with Crippen molar-refractivity contribution in [3.63, 3.8) is 0 Å². The molecule has 0 aliphatic rings. The minimum absolute atomic E-state index is 0.000392. The molecule has 8 nitrogen and oxygen atoms in total. The van der Waals surface area contributed by atoms with Gasteiger partial charge in [0, 0.05) is 13.8 Å². The average Bonchev–Trinajstić information content (AvgIpc) is 2.73. The number of ether oxygens (including phenoxy) is 2. The Morgan fingerprint density at radius 3 is 2.32 bits per heavy atom. The largest absolute Gasteiger partial charge is 0.427 e. The van der Waals surface area contributed by atoms with Crippen LogP contribution in [0.15, 0.2) is 62.1 Å². The van der Waals surface area contributed by atoms with Gasteiger partial charge in [-0.25, -0.2) is 0 Å². The van der Waals surface area contributed by atoms with Crippen LogP contribution >= 0.6 is 11.8 Å². The molecule has 1 aromatic heterocycles. The highest BCUT2D eigenvalue weighted by Crippen LogP contribution is 2.35. The molecule has 9 heteroatoms. The number of rotatable bonds is 4. The van der Waals surface area contributed by atoms with E-state index >= 15 is 0 Å². The van der Waals surface area contributed by atoms with E-state index in [4.69, 9.17) is 9.47 Å². The summed E-state index contributed by atoms with van der Waals surface area (Å²) < 4.78 is 10.2. The van der Waals surface area contributed by atoms with Gasteiger partial charge in [-0.2, -0.15) is 4.98 Å². The van der Waals surface area contributed by atoms with Gasteiger partial charge in [0.1, 0.15) is 11.5 Å². The van der Waals surface area contributed by atoms with Crippen molar-refractivity contribution in [1.82, 2.24) is 9.97 Å². The molecule has 0 radical (unpaired) electrons. The highest BCUT2D eigenvalue weighted by molar-refractivity contribution is 7.99. The fourth-order valence-electron chi connectivity index (χ4n) is 2.40. The molecule has 1 heterocycles. The van der Waals surface area contributed by atoms with E-state index in [0.717, 1.165) is 11.8 Å². The number of hydrogen-bond acceptors (Lipinski definition) is 8. The minimum Gasteiger partial charge on any atom is -0.427 e. The molecular weight excluding hydrogens is 384 g/mol. The predicted octanol–water partition coefficient (Wildman–Crippen LogP) is 2.29. The molecule has 0 aliphatic carbocycles. The first-order chi connectivity index (χ1) is 13.3. The Balaban J connectivity index is 2.11. The summed E-state index contributed by atoms with van der Waals surface area (Å²) in [5, 5.41) is 0.393. The van der Waals surface area contributed by atoms with E-state index in [-0.39, 0.29) is 27.4 Å². The Kier molecular flexibility index (Phi) is 5.55. The predicted molar refractivity (Wildman–Crippen MR) is 102 cm³/mol.